The highest BCUT2D eigenvalue weighted by atomic mass is 35.5. The number of hydrogen-bond donors (Lipinski definition) is 1. The van der Waals surface area contributed by atoms with Crippen LogP contribution in [0, 0.1) is 6.92 Å². The number of fused-ring (bicyclic) bond motifs is 1. The van der Waals surface area contributed by atoms with Gasteiger partial charge in [-0.1, -0.05) is 67.9 Å². The number of aryl methyl sites for hydroxylation is 1. The van der Waals surface area contributed by atoms with Crippen LogP contribution in [0.5, 0.6) is 0 Å². The summed E-state index contributed by atoms with van der Waals surface area (Å²) in [6, 6.07) is 18.0. The van der Waals surface area contributed by atoms with Gasteiger partial charge in [0.15, 0.2) is 0 Å². The summed E-state index contributed by atoms with van der Waals surface area (Å²) in [5, 5.41) is 5.91. The van der Waals surface area contributed by atoms with E-state index < -0.39 is 0 Å². The fourth-order valence-electron chi connectivity index (χ4n) is 3.04. The van der Waals surface area contributed by atoms with Crippen molar-refractivity contribution >= 4 is 45.7 Å². The Morgan fingerprint density at radius 3 is 2.50 bits per heavy atom. The number of anilines is 1. The van der Waals surface area contributed by atoms with E-state index >= 15 is 0 Å². The maximum Gasteiger partial charge on any atom is 0.234 e. The minimum atomic E-state index is -0.00439. The third kappa shape index (κ3) is 4.05. The first-order valence-electron chi connectivity index (χ1n) is 8.66. The minimum absolute atomic E-state index is 0.00439. The third-order valence-corrected chi connectivity index (χ3v) is 5.74. The Morgan fingerprint density at radius 2 is 1.77 bits per heavy atom. The van der Waals surface area contributed by atoms with E-state index in [9.17, 15) is 4.79 Å². The Labute approximate surface area is 163 Å². The van der Waals surface area contributed by atoms with E-state index in [0.717, 1.165) is 32.5 Å². The molecule has 2 nitrogen and oxygen atoms in total. The molecule has 0 aliphatic heterocycles. The van der Waals surface area contributed by atoms with Gasteiger partial charge in [-0.2, -0.15) is 0 Å². The number of benzene rings is 3. The molecule has 0 saturated heterocycles. The molecule has 0 spiro atoms. The molecule has 0 radical (unpaired) electrons. The summed E-state index contributed by atoms with van der Waals surface area (Å²) in [5.41, 5.74) is 3.18. The predicted molar refractivity (Wildman–Crippen MR) is 114 cm³/mol. The molecule has 4 heteroatoms. The number of halogens is 1. The molecule has 0 saturated carbocycles. The summed E-state index contributed by atoms with van der Waals surface area (Å²) < 4.78 is 0. The fraction of sp³-hybridized carbons (Fsp3) is 0.227. The van der Waals surface area contributed by atoms with Crippen LogP contribution < -0.4 is 5.32 Å². The van der Waals surface area contributed by atoms with Crippen LogP contribution in [0.3, 0.4) is 0 Å². The van der Waals surface area contributed by atoms with Crippen molar-refractivity contribution in [2.45, 2.75) is 31.6 Å². The zero-order valence-corrected chi connectivity index (χ0v) is 16.7. The molecule has 0 aromatic heterocycles. The first-order valence-corrected chi connectivity index (χ1v) is 10.0. The Kier molecular flexibility index (Phi) is 5.90. The fourth-order valence-corrected chi connectivity index (χ4v) is 4.29. The lowest BCUT2D eigenvalue weighted by Gasteiger charge is -2.16. The third-order valence-electron chi connectivity index (χ3n) is 4.37. The standard InChI is InChI=1S/C22H22ClNOS/c1-14(2)17-10-4-7-15(3)22(17)24-20(25)13-26-19-12-6-9-16-8-5-11-18(23)21(16)19/h4-12,14H,13H2,1-3H3,(H,24,25). The van der Waals surface area contributed by atoms with Crippen molar-refractivity contribution in [2.75, 3.05) is 11.1 Å². The molecule has 0 aliphatic carbocycles. The summed E-state index contributed by atoms with van der Waals surface area (Å²) in [7, 11) is 0. The van der Waals surface area contributed by atoms with E-state index in [-0.39, 0.29) is 5.91 Å². The lowest BCUT2D eigenvalue weighted by Crippen LogP contribution is -2.16. The van der Waals surface area contributed by atoms with E-state index in [1.54, 1.807) is 0 Å². The summed E-state index contributed by atoms with van der Waals surface area (Å²) in [6.45, 7) is 6.30. The van der Waals surface area contributed by atoms with Crippen molar-refractivity contribution < 1.29 is 4.79 Å². The van der Waals surface area contributed by atoms with Crippen molar-refractivity contribution in [3.8, 4) is 0 Å². The Balaban J connectivity index is 1.77. The van der Waals surface area contributed by atoms with Crippen LogP contribution in [0.1, 0.15) is 30.9 Å². The summed E-state index contributed by atoms with van der Waals surface area (Å²) in [4.78, 5) is 13.6. The first kappa shape index (κ1) is 18.8. The number of amides is 1. The summed E-state index contributed by atoms with van der Waals surface area (Å²) in [6.07, 6.45) is 0. The molecule has 0 atom stereocenters. The van der Waals surface area contributed by atoms with Crippen LogP contribution in [0.2, 0.25) is 5.02 Å². The van der Waals surface area contributed by atoms with Gasteiger partial charge in [0.1, 0.15) is 0 Å². The Morgan fingerprint density at radius 1 is 1.08 bits per heavy atom. The predicted octanol–water partition coefficient (Wildman–Crippen LogP) is 6.66. The van der Waals surface area contributed by atoms with E-state index in [1.165, 1.54) is 11.8 Å². The number of nitrogens with one attached hydrogen (secondary N) is 1. The van der Waals surface area contributed by atoms with Crippen LogP contribution >= 0.6 is 23.4 Å². The Hall–Kier alpha value is -1.97. The topological polar surface area (TPSA) is 29.1 Å². The van der Waals surface area contributed by atoms with Gasteiger partial charge < -0.3 is 5.32 Å². The van der Waals surface area contributed by atoms with Crippen LogP contribution in [0.4, 0.5) is 5.69 Å². The normalized spacial score (nSPS) is 11.1. The van der Waals surface area contributed by atoms with Gasteiger partial charge in [0, 0.05) is 21.0 Å². The smallest absolute Gasteiger partial charge is 0.234 e. The van der Waals surface area contributed by atoms with Crippen LogP contribution in [0.25, 0.3) is 10.8 Å². The maximum absolute atomic E-state index is 12.6. The van der Waals surface area contributed by atoms with Crippen LogP contribution in [0.15, 0.2) is 59.5 Å². The second kappa shape index (κ2) is 8.15. The minimum Gasteiger partial charge on any atom is -0.325 e. The van der Waals surface area contributed by atoms with Gasteiger partial charge in [-0.05, 0) is 41.5 Å². The maximum atomic E-state index is 12.6. The largest absolute Gasteiger partial charge is 0.325 e. The SMILES string of the molecule is Cc1cccc(C(C)C)c1NC(=O)CSc1cccc2cccc(Cl)c12. The molecule has 1 N–H and O–H groups in total. The number of hydrogen-bond acceptors (Lipinski definition) is 2. The highest BCUT2D eigenvalue weighted by Crippen LogP contribution is 2.33. The quantitative estimate of drug-likeness (QED) is 0.499. The zero-order valence-electron chi connectivity index (χ0n) is 15.2. The van der Waals surface area contributed by atoms with E-state index in [1.807, 2.05) is 55.5 Å². The molecule has 3 rings (SSSR count). The van der Waals surface area contributed by atoms with E-state index in [2.05, 4.69) is 25.2 Å². The van der Waals surface area contributed by atoms with Crippen molar-refractivity contribution in [1.82, 2.24) is 0 Å². The molecular weight excluding hydrogens is 362 g/mol. The van der Waals surface area contributed by atoms with Crippen molar-refractivity contribution in [1.29, 1.82) is 0 Å². The van der Waals surface area contributed by atoms with Gasteiger partial charge in [-0.15, -0.1) is 11.8 Å². The lowest BCUT2D eigenvalue weighted by atomic mass is 9.98. The molecule has 3 aromatic carbocycles. The molecule has 0 unspecified atom stereocenters. The molecule has 26 heavy (non-hydrogen) atoms. The molecule has 134 valence electrons. The highest BCUT2D eigenvalue weighted by Gasteiger charge is 2.13. The summed E-state index contributed by atoms with van der Waals surface area (Å²) in [5.74, 6) is 0.695. The van der Waals surface area contributed by atoms with Crippen LogP contribution in [-0.2, 0) is 4.79 Å². The molecule has 3 aromatic rings. The number of thioether (sulfide) groups is 1. The van der Waals surface area contributed by atoms with Gasteiger partial charge >= 0.3 is 0 Å². The first-order chi connectivity index (χ1) is 12.5. The molecule has 0 fully saturated rings. The lowest BCUT2D eigenvalue weighted by molar-refractivity contribution is -0.113. The van der Waals surface area contributed by atoms with Crippen molar-refractivity contribution in [3.63, 3.8) is 0 Å². The molecule has 0 bridgehead atoms. The average molecular weight is 384 g/mol. The monoisotopic (exact) mass is 383 g/mol. The van der Waals surface area contributed by atoms with Crippen molar-refractivity contribution in [2.24, 2.45) is 0 Å². The summed E-state index contributed by atoms with van der Waals surface area (Å²) >= 11 is 7.88. The molecular formula is C22H22ClNOS. The molecule has 0 aliphatic rings. The van der Waals surface area contributed by atoms with Crippen LogP contribution in [-0.4, -0.2) is 11.7 Å². The average Bonchev–Trinajstić information content (AvgIpc) is 2.61. The molecule has 1 amide bonds. The van der Waals surface area contributed by atoms with Gasteiger partial charge in [-0.25, -0.2) is 0 Å². The van der Waals surface area contributed by atoms with E-state index in [4.69, 9.17) is 11.6 Å². The van der Waals surface area contributed by atoms with E-state index in [0.29, 0.717) is 16.7 Å². The second-order valence-corrected chi connectivity index (χ2v) is 8.05. The van der Waals surface area contributed by atoms with Gasteiger partial charge in [-0.3, -0.25) is 4.79 Å². The van der Waals surface area contributed by atoms with Gasteiger partial charge in [0.2, 0.25) is 5.91 Å². The number of rotatable bonds is 5. The Bertz CT molecular complexity index is 947. The number of para-hydroxylation sites is 1. The number of carbonyl (C=O) groups is 1. The molecule has 0 heterocycles. The highest BCUT2D eigenvalue weighted by molar-refractivity contribution is 8.00. The zero-order chi connectivity index (χ0) is 18.7. The van der Waals surface area contributed by atoms with Gasteiger partial charge in [0.05, 0.1) is 5.75 Å². The number of carbonyl (C=O) groups excluding carboxylic acids is 1. The van der Waals surface area contributed by atoms with Crippen molar-refractivity contribution in [3.05, 3.63) is 70.7 Å². The second-order valence-electron chi connectivity index (χ2n) is 6.62. The van der Waals surface area contributed by atoms with Gasteiger partial charge in [0.25, 0.3) is 0 Å².